The first-order valence-corrected chi connectivity index (χ1v) is 8.99. The summed E-state index contributed by atoms with van der Waals surface area (Å²) in [7, 11) is 0. The van der Waals surface area contributed by atoms with Crippen LogP contribution >= 0.6 is 11.6 Å². The Balaban J connectivity index is 1.36. The zero-order chi connectivity index (χ0) is 21.1. The molecule has 0 saturated heterocycles. The van der Waals surface area contributed by atoms with Gasteiger partial charge in [0.05, 0.1) is 18.4 Å². The van der Waals surface area contributed by atoms with Gasteiger partial charge in [-0.15, -0.1) is 0 Å². The van der Waals surface area contributed by atoms with Crippen molar-refractivity contribution in [1.29, 1.82) is 0 Å². The highest BCUT2D eigenvalue weighted by atomic mass is 35.5. The van der Waals surface area contributed by atoms with Gasteiger partial charge in [0.15, 0.2) is 12.4 Å². The van der Waals surface area contributed by atoms with E-state index in [2.05, 4.69) is 25.6 Å². The summed E-state index contributed by atoms with van der Waals surface area (Å²) >= 11 is 5.88. The molecule has 1 amide bonds. The molecule has 1 aromatic carbocycles. The highest BCUT2D eigenvalue weighted by molar-refractivity contribution is 6.30. The van der Waals surface area contributed by atoms with Gasteiger partial charge in [-0.25, -0.2) is 4.68 Å². The van der Waals surface area contributed by atoms with Crippen molar-refractivity contribution in [3.05, 3.63) is 81.6 Å². The highest BCUT2D eigenvalue weighted by Gasteiger charge is 2.15. The summed E-state index contributed by atoms with van der Waals surface area (Å²) < 4.78 is 4.35. The zero-order valence-electron chi connectivity index (χ0n) is 15.3. The van der Waals surface area contributed by atoms with E-state index in [1.165, 1.54) is 21.8 Å². The van der Waals surface area contributed by atoms with Crippen LogP contribution in [-0.2, 0) is 13.2 Å². The summed E-state index contributed by atoms with van der Waals surface area (Å²) in [5.74, 6) is -0.917. The molecule has 13 heteroatoms. The molecule has 4 rings (SSSR count). The Labute approximate surface area is 173 Å². The quantitative estimate of drug-likeness (QED) is 0.351. The van der Waals surface area contributed by atoms with Gasteiger partial charge in [-0.1, -0.05) is 28.7 Å². The lowest BCUT2D eigenvalue weighted by molar-refractivity contribution is -0.394. The van der Waals surface area contributed by atoms with Crippen molar-refractivity contribution in [2.75, 3.05) is 5.32 Å². The average molecular weight is 428 g/mol. The minimum Gasteiger partial charge on any atom is -0.390 e. The molecule has 0 radical (unpaired) electrons. The Morgan fingerprint density at radius 3 is 2.67 bits per heavy atom. The predicted molar refractivity (Wildman–Crippen MR) is 105 cm³/mol. The van der Waals surface area contributed by atoms with E-state index in [1.807, 2.05) is 12.1 Å². The number of anilines is 1. The van der Waals surface area contributed by atoms with Gasteiger partial charge >= 0.3 is 5.95 Å². The minimum atomic E-state index is -0.689. The van der Waals surface area contributed by atoms with Crippen LogP contribution < -0.4 is 5.32 Å². The smallest absolute Gasteiger partial charge is 0.390 e. The third-order valence-electron chi connectivity index (χ3n) is 4.00. The lowest BCUT2D eigenvalue weighted by Crippen LogP contribution is -2.14. The van der Waals surface area contributed by atoms with Crippen molar-refractivity contribution in [2.24, 2.45) is 0 Å². The Morgan fingerprint density at radius 2 is 1.93 bits per heavy atom. The van der Waals surface area contributed by atoms with E-state index in [0.717, 1.165) is 5.56 Å². The van der Waals surface area contributed by atoms with E-state index in [9.17, 15) is 14.9 Å². The molecule has 1 N–H and O–H groups in total. The molecule has 0 bridgehead atoms. The summed E-state index contributed by atoms with van der Waals surface area (Å²) in [4.78, 5) is 25.9. The second kappa shape index (κ2) is 8.13. The number of hydrogen-bond donors (Lipinski definition) is 1. The molecule has 0 fully saturated rings. The highest BCUT2D eigenvalue weighted by Crippen LogP contribution is 2.13. The Hall–Kier alpha value is -4.06. The molecule has 3 heterocycles. The predicted octanol–water partition coefficient (Wildman–Crippen LogP) is 2.04. The van der Waals surface area contributed by atoms with Gasteiger partial charge in [0, 0.05) is 22.5 Å². The normalized spacial score (nSPS) is 10.8. The standard InChI is InChI=1S/C17H14ClN9O3/c18-13-3-1-12(2-4-13)8-25-9-14(7-20-25)21-16(28)15-5-6-24(22-15)11-26-10-19-17(23-26)27(29)30/h1-7,9-10H,8,11H2,(H,21,28). The fraction of sp³-hybridized carbons (Fsp3) is 0.118. The number of hydrogen-bond acceptors (Lipinski definition) is 7. The average Bonchev–Trinajstić information content (AvgIpc) is 3.46. The second-order valence-electron chi connectivity index (χ2n) is 6.23. The maximum absolute atomic E-state index is 12.4. The number of rotatable bonds is 7. The number of amides is 1. The molecular weight excluding hydrogens is 414 g/mol. The Bertz CT molecular complexity index is 1200. The molecule has 152 valence electrons. The molecule has 3 aromatic heterocycles. The lowest BCUT2D eigenvalue weighted by Gasteiger charge is -2.02. The fourth-order valence-electron chi connectivity index (χ4n) is 2.63. The largest absolute Gasteiger partial charge is 0.491 e. The van der Waals surface area contributed by atoms with Crippen LogP contribution in [0.1, 0.15) is 16.1 Å². The SMILES string of the molecule is O=C(Nc1cnn(Cc2ccc(Cl)cc2)c1)c1ccn(Cn2cnc([N+](=O)[O-])n2)n1. The second-order valence-corrected chi connectivity index (χ2v) is 6.67. The van der Waals surface area contributed by atoms with E-state index in [1.54, 1.807) is 35.4 Å². The van der Waals surface area contributed by atoms with Crippen LogP contribution in [0.2, 0.25) is 5.02 Å². The van der Waals surface area contributed by atoms with Gasteiger partial charge < -0.3 is 15.4 Å². The maximum atomic E-state index is 12.4. The van der Waals surface area contributed by atoms with Gasteiger partial charge in [0.2, 0.25) is 6.33 Å². The first-order valence-electron chi connectivity index (χ1n) is 8.62. The van der Waals surface area contributed by atoms with Gasteiger partial charge in [-0.2, -0.15) is 14.9 Å². The molecule has 0 unspecified atom stereocenters. The number of carbonyl (C=O) groups excluding carboxylic acids is 1. The van der Waals surface area contributed by atoms with Crippen molar-refractivity contribution < 1.29 is 9.72 Å². The summed E-state index contributed by atoms with van der Waals surface area (Å²) in [6.45, 7) is 0.610. The third kappa shape index (κ3) is 4.50. The van der Waals surface area contributed by atoms with Crippen molar-refractivity contribution in [1.82, 2.24) is 34.3 Å². The summed E-state index contributed by atoms with van der Waals surface area (Å²) in [5, 5.41) is 26.1. The monoisotopic (exact) mass is 427 g/mol. The van der Waals surface area contributed by atoms with Gasteiger partial charge in [0.1, 0.15) is 0 Å². The number of nitrogens with zero attached hydrogens (tertiary/aromatic N) is 8. The third-order valence-corrected chi connectivity index (χ3v) is 4.25. The number of nitro groups is 1. The summed E-state index contributed by atoms with van der Waals surface area (Å²) in [6, 6.07) is 8.93. The van der Waals surface area contributed by atoms with Crippen LogP contribution in [0, 0.1) is 10.1 Å². The fourth-order valence-corrected chi connectivity index (χ4v) is 2.76. The molecular formula is C17H14ClN9O3. The number of carbonyl (C=O) groups is 1. The lowest BCUT2D eigenvalue weighted by atomic mass is 10.2. The van der Waals surface area contributed by atoms with E-state index in [4.69, 9.17) is 11.6 Å². The van der Waals surface area contributed by atoms with Crippen molar-refractivity contribution >= 4 is 29.1 Å². The van der Waals surface area contributed by atoms with E-state index < -0.39 is 16.8 Å². The number of halogens is 1. The molecule has 30 heavy (non-hydrogen) atoms. The van der Waals surface area contributed by atoms with E-state index in [0.29, 0.717) is 17.3 Å². The molecule has 0 aliphatic carbocycles. The van der Waals surface area contributed by atoms with Crippen molar-refractivity contribution in [3.63, 3.8) is 0 Å². The topological polar surface area (TPSA) is 139 Å². The molecule has 0 spiro atoms. The van der Waals surface area contributed by atoms with Gasteiger partial charge in [-0.3, -0.25) is 9.48 Å². The first kappa shape index (κ1) is 19.3. The van der Waals surface area contributed by atoms with Crippen molar-refractivity contribution in [2.45, 2.75) is 13.2 Å². The van der Waals surface area contributed by atoms with Crippen LogP contribution in [0.3, 0.4) is 0 Å². The van der Waals surface area contributed by atoms with E-state index >= 15 is 0 Å². The first-order chi connectivity index (χ1) is 14.5. The Morgan fingerprint density at radius 1 is 1.13 bits per heavy atom. The molecule has 0 aliphatic heterocycles. The van der Waals surface area contributed by atoms with Crippen LogP contribution in [-0.4, -0.2) is 45.2 Å². The van der Waals surface area contributed by atoms with Crippen LogP contribution in [0.5, 0.6) is 0 Å². The van der Waals surface area contributed by atoms with Crippen molar-refractivity contribution in [3.8, 4) is 0 Å². The molecule has 0 saturated carbocycles. The molecule has 12 nitrogen and oxygen atoms in total. The zero-order valence-corrected chi connectivity index (χ0v) is 16.0. The van der Waals surface area contributed by atoms with Crippen LogP contribution in [0.25, 0.3) is 0 Å². The van der Waals surface area contributed by atoms with Crippen LogP contribution in [0.4, 0.5) is 11.6 Å². The molecule has 0 aliphatic rings. The molecule has 0 atom stereocenters. The van der Waals surface area contributed by atoms with Crippen LogP contribution in [0.15, 0.2) is 55.2 Å². The van der Waals surface area contributed by atoms with E-state index in [-0.39, 0.29) is 12.4 Å². The maximum Gasteiger partial charge on any atom is 0.491 e. The summed E-state index contributed by atoms with van der Waals surface area (Å²) in [5.41, 5.74) is 1.72. The number of nitrogens with one attached hydrogen (secondary N) is 1. The number of aromatic nitrogens is 7. The summed E-state index contributed by atoms with van der Waals surface area (Å²) in [6.07, 6.45) is 6.03. The molecule has 4 aromatic rings. The van der Waals surface area contributed by atoms with Gasteiger partial charge in [-0.05, 0) is 28.7 Å². The van der Waals surface area contributed by atoms with Gasteiger partial charge in [0.25, 0.3) is 5.91 Å². The number of benzene rings is 1. The minimum absolute atomic E-state index is 0.0765. The Kier molecular flexibility index (Phi) is 5.22.